The molecule has 2 aromatic heterocycles. The molecule has 2 bridgehead atoms. The number of carbonyl (C=O) groups excluding carboxylic acids is 1. The number of amides is 1. The predicted molar refractivity (Wildman–Crippen MR) is 122 cm³/mol. The maximum Gasteiger partial charge on any atom is 0.389 e. The van der Waals surface area contributed by atoms with Crippen LogP contribution in [0.1, 0.15) is 56.5 Å². The Morgan fingerprint density at radius 2 is 1.85 bits per heavy atom. The van der Waals surface area contributed by atoms with Gasteiger partial charge in [-0.2, -0.15) is 13.2 Å². The van der Waals surface area contributed by atoms with E-state index < -0.39 is 12.6 Å². The lowest BCUT2D eigenvalue weighted by Crippen LogP contribution is -2.47. The highest BCUT2D eigenvalue weighted by Gasteiger charge is 2.43. The third-order valence-electron chi connectivity index (χ3n) is 7.21. The van der Waals surface area contributed by atoms with Crippen molar-refractivity contribution in [1.29, 1.82) is 0 Å². The molecule has 3 atom stereocenters. The van der Waals surface area contributed by atoms with Crippen LogP contribution in [-0.2, 0) is 11.2 Å². The molecule has 2 fully saturated rings. The highest BCUT2D eigenvalue weighted by molar-refractivity contribution is 5.87. The molecule has 1 amide bonds. The summed E-state index contributed by atoms with van der Waals surface area (Å²) in [5, 5.41) is 1.96. The minimum absolute atomic E-state index is 0.0649. The van der Waals surface area contributed by atoms with Crippen LogP contribution < -0.4 is 0 Å². The maximum atomic E-state index is 13.2. The van der Waals surface area contributed by atoms with Gasteiger partial charge in [-0.3, -0.25) is 9.78 Å². The number of benzene rings is 1. The molecule has 34 heavy (non-hydrogen) atoms. The van der Waals surface area contributed by atoms with Crippen LogP contribution in [0.15, 0.2) is 41.1 Å². The number of aryl methyl sites for hydroxylation is 1. The van der Waals surface area contributed by atoms with E-state index in [2.05, 4.69) is 9.97 Å². The van der Waals surface area contributed by atoms with Gasteiger partial charge in [0.15, 0.2) is 11.7 Å². The summed E-state index contributed by atoms with van der Waals surface area (Å²) in [7, 11) is 0. The number of hydrogen-bond donors (Lipinski definition) is 0. The maximum absolute atomic E-state index is 13.2. The second-order valence-corrected chi connectivity index (χ2v) is 9.69. The van der Waals surface area contributed by atoms with Crippen LogP contribution in [0.3, 0.4) is 0 Å². The first kappa shape index (κ1) is 22.9. The van der Waals surface area contributed by atoms with E-state index in [0.717, 1.165) is 47.7 Å². The summed E-state index contributed by atoms with van der Waals surface area (Å²) in [4.78, 5) is 23.9. The van der Waals surface area contributed by atoms with Crippen molar-refractivity contribution in [3.63, 3.8) is 0 Å². The van der Waals surface area contributed by atoms with Crippen LogP contribution in [0.2, 0.25) is 0 Å². The van der Waals surface area contributed by atoms with Gasteiger partial charge in [-0.1, -0.05) is 12.1 Å². The summed E-state index contributed by atoms with van der Waals surface area (Å²) in [5.41, 5.74) is 1.64. The molecule has 3 aromatic rings. The van der Waals surface area contributed by atoms with Crippen molar-refractivity contribution in [3.8, 4) is 11.3 Å². The first-order chi connectivity index (χ1) is 16.2. The molecule has 0 N–H and O–H groups in total. The van der Waals surface area contributed by atoms with Crippen molar-refractivity contribution in [2.24, 2.45) is 5.92 Å². The fraction of sp³-hybridized carbons (Fsp3) is 0.500. The van der Waals surface area contributed by atoms with Crippen LogP contribution >= 0.6 is 0 Å². The quantitative estimate of drug-likeness (QED) is 0.427. The van der Waals surface area contributed by atoms with Gasteiger partial charge in [-0.15, -0.1) is 0 Å². The molecular weight excluding hydrogens is 443 g/mol. The van der Waals surface area contributed by atoms with Gasteiger partial charge < -0.3 is 9.32 Å². The summed E-state index contributed by atoms with van der Waals surface area (Å²) in [5.74, 6) is 1.65. The van der Waals surface area contributed by atoms with E-state index in [9.17, 15) is 18.0 Å². The lowest BCUT2D eigenvalue weighted by Gasteiger charge is -2.39. The van der Waals surface area contributed by atoms with E-state index in [1.807, 2.05) is 29.2 Å². The molecule has 1 unspecified atom stereocenters. The normalized spacial score (nSPS) is 22.5. The van der Waals surface area contributed by atoms with E-state index in [1.54, 1.807) is 19.3 Å². The molecule has 2 saturated heterocycles. The summed E-state index contributed by atoms with van der Waals surface area (Å²) in [6.07, 6.45) is 3.19. The Bertz CT molecular complexity index is 1180. The van der Waals surface area contributed by atoms with Gasteiger partial charge in [0, 0.05) is 42.6 Å². The standard InChI is InChI=1S/C26H28F3N3O2/c1-16-30-15-24(34-16)18-4-5-19-14-31-21(12-20(19)11-18)13-25(33)32-22-6-7-23(32)10-17(9-22)3-2-8-26(27,28)29/h4-5,11-12,14-15,17,22-23H,2-3,6-10,13H2,1H3/t17?,22-,23+. The predicted octanol–water partition coefficient (Wildman–Crippen LogP) is 6.24. The van der Waals surface area contributed by atoms with Crippen molar-refractivity contribution < 1.29 is 22.4 Å². The number of halogens is 3. The average molecular weight is 472 g/mol. The van der Waals surface area contributed by atoms with E-state index in [1.165, 1.54) is 0 Å². The Hall–Kier alpha value is -2.90. The molecule has 8 heteroatoms. The Balaban J connectivity index is 1.25. The van der Waals surface area contributed by atoms with Gasteiger partial charge in [-0.05, 0) is 62.0 Å². The number of aromatic nitrogens is 2. The molecule has 5 rings (SSSR count). The third kappa shape index (κ3) is 4.95. The minimum atomic E-state index is -4.09. The van der Waals surface area contributed by atoms with Gasteiger partial charge in [-0.25, -0.2) is 4.98 Å². The molecule has 2 aliphatic rings. The molecule has 0 aliphatic carbocycles. The molecule has 0 spiro atoms. The highest BCUT2D eigenvalue weighted by atomic mass is 19.4. The number of pyridine rings is 1. The van der Waals surface area contributed by atoms with Crippen molar-refractivity contribution >= 4 is 16.7 Å². The summed E-state index contributed by atoms with van der Waals surface area (Å²) < 4.78 is 43.1. The fourth-order valence-electron chi connectivity index (χ4n) is 5.70. The van der Waals surface area contributed by atoms with Crippen LogP contribution in [-0.4, -0.2) is 39.0 Å². The zero-order valence-electron chi connectivity index (χ0n) is 19.1. The summed E-state index contributed by atoms with van der Waals surface area (Å²) >= 11 is 0. The SMILES string of the molecule is Cc1ncc(-c2ccc3cnc(CC(=O)N4[C@@H]5CC[C@H]4CC(CCCC(F)(F)F)C5)cc3c2)o1. The van der Waals surface area contributed by atoms with Crippen LogP contribution in [0.25, 0.3) is 22.1 Å². The number of alkyl halides is 3. The Morgan fingerprint density at radius 3 is 2.53 bits per heavy atom. The van der Waals surface area contributed by atoms with E-state index >= 15 is 0 Å². The average Bonchev–Trinajstić information content (AvgIpc) is 3.33. The number of hydrogen-bond acceptors (Lipinski definition) is 4. The molecule has 5 nitrogen and oxygen atoms in total. The zero-order chi connectivity index (χ0) is 23.9. The molecule has 4 heterocycles. The molecule has 2 aliphatic heterocycles. The van der Waals surface area contributed by atoms with Gasteiger partial charge in [0.05, 0.1) is 18.3 Å². The highest BCUT2D eigenvalue weighted by Crippen LogP contribution is 2.41. The Morgan fingerprint density at radius 1 is 1.09 bits per heavy atom. The second-order valence-electron chi connectivity index (χ2n) is 9.69. The summed E-state index contributed by atoms with van der Waals surface area (Å²) in [6.45, 7) is 1.80. The number of carbonyl (C=O) groups is 1. The van der Waals surface area contributed by atoms with Crippen LogP contribution in [0.4, 0.5) is 13.2 Å². The largest absolute Gasteiger partial charge is 0.441 e. The number of fused-ring (bicyclic) bond motifs is 3. The van der Waals surface area contributed by atoms with E-state index in [0.29, 0.717) is 18.1 Å². The first-order valence-corrected chi connectivity index (χ1v) is 11.9. The number of piperidine rings is 1. The van der Waals surface area contributed by atoms with E-state index in [-0.39, 0.29) is 36.8 Å². The topological polar surface area (TPSA) is 59.2 Å². The Kier molecular flexibility index (Phi) is 6.08. The van der Waals surface area contributed by atoms with Gasteiger partial charge in [0.25, 0.3) is 0 Å². The zero-order valence-corrected chi connectivity index (χ0v) is 19.1. The van der Waals surface area contributed by atoms with Crippen molar-refractivity contribution in [3.05, 3.63) is 48.2 Å². The lowest BCUT2D eigenvalue weighted by atomic mass is 9.86. The van der Waals surface area contributed by atoms with Crippen molar-refractivity contribution in [1.82, 2.24) is 14.9 Å². The number of oxazole rings is 1. The monoisotopic (exact) mass is 471 g/mol. The van der Waals surface area contributed by atoms with E-state index in [4.69, 9.17) is 4.42 Å². The number of rotatable bonds is 6. The van der Waals surface area contributed by atoms with Crippen LogP contribution in [0, 0.1) is 12.8 Å². The molecule has 180 valence electrons. The molecule has 0 radical (unpaired) electrons. The Labute approximate surface area is 196 Å². The fourth-order valence-corrected chi connectivity index (χ4v) is 5.70. The summed E-state index contributed by atoms with van der Waals surface area (Å²) in [6, 6.07) is 8.19. The first-order valence-electron chi connectivity index (χ1n) is 11.9. The van der Waals surface area contributed by atoms with Gasteiger partial charge >= 0.3 is 6.18 Å². The smallest absolute Gasteiger partial charge is 0.389 e. The third-order valence-corrected chi connectivity index (χ3v) is 7.21. The van der Waals surface area contributed by atoms with Gasteiger partial charge in [0.1, 0.15) is 0 Å². The van der Waals surface area contributed by atoms with Crippen molar-refractivity contribution in [2.75, 3.05) is 0 Å². The molecule has 0 saturated carbocycles. The number of nitrogens with zero attached hydrogens (tertiary/aromatic N) is 3. The van der Waals surface area contributed by atoms with Gasteiger partial charge in [0.2, 0.25) is 5.91 Å². The minimum Gasteiger partial charge on any atom is -0.441 e. The molecular formula is C26H28F3N3O2. The van der Waals surface area contributed by atoms with Crippen molar-refractivity contribution in [2.45, 2.75) is 76.6 Å². The van der Waals surface area contributed by atoms with Crippen LogP contribution in [0.5, 0.6) is 0 Å². The second kappa shape index (κ2) is 9.04. The lowest BCUT2D eigenvalue weighted by molar-refractivity contribution is -0.137. The molecule has 1 aromatic carbocycles.